The summed E-state index contributed by atoms with van der Waals surface area (Å²) in [7, 11) is 0. The molecule has 0 bridgehead atoms. The van der Waals surface area contributed by atoms with Gasteiger partial charge in [0.05, 0.1) is 6.61 Å². The van der Waals surface area contributed by atoms with Crippen LogP contribution >= 0.6 is 69.6 Å². The summed E-state index contributed by atoms with van der Waals surface area (Å²) < 4.78 is 13.5. The van der Waals surface area contributed by atoms with Crippen molar-refractivity contribution in [3.63, 3.8) is 0 Å². The molecule has 0 saturated carbocycles. The minimum atomic E-state index is -0.703. The highest BCUT2D eigenvalue weighted by Gasteiger charge is 2.68. The van der Waals surface area contributed by atoms with Crippen LogP contribution in [-0.2, 0) is 15.1 Å². The Morgan fingerprint density at radius 1 is 0.481 bits per heavy atom. The summed E-state index contributed by atoms with van der Waals surface area (Å²) in [6.07, 6.45) is 3.66. The SMILES string of the molecule is Clc1ccc(/C=C2/c3cc(Cl)ccc3-c3c2cc(Cl)cc3[C@H]2OC[C@]3(c4cc(Cl)cc5c4-c4ccc(Cl)cc4/C5=C/c4ccc(Cl)cc4)O[C@@H]23)cc1. The van der Waals surface area contributed by atoms with Crippen molar-refractivity contribution in [2.24, 2.45) is 0 Å². The number of fused-ring (bicyclic) bond motifs is 7. The monoisotopic (exact) mass is 794 g/mol. The minimum absolute atomic E-state index is 0.266. The summed E-state index contributed by atoms with van der Waals surface area (Å²) in [5.74, 6) is 0. The second-order valence-electron chi connectivity index (χ2n) is 13.6. The minimum Gasteiger partial charge on any atom is -0.367 e. The quantitative estimate of drug-likeness (QED) is 0.166. The van der Waals surface area contributed by atoms with Crippen LogP contribution in [0.3, 0.4) is 0 Å². The van der Waals surface area contributed by atoms with Crippen molar-refractivity contribution in [2.75, 3.05) is 6.61 Å². The topological polar surface area (TPSA) is 21.8 Å². The lowest BCUT2D eigenvalue weighted by Crippen LogP contribution is -2.14. The molecule has 0 unspecified atom stereocenters. The number of benzene rings is 6. The lowest BCUT2D eigenvalue weighted by atomic mass is 9.86. The fraction of sp³-hybridized carbons (Fsp3) is 0.0909. The van der Waals surface area contributed by atoms with Gasteiger partial charge in [0.15, 0.2) is 0 Å². The van der Waals surface area contributed by atoms with E-state index >= 15 is 0 Å². The highest BCUT2D eigenvalue weighted by molar-refractivity contribution is 6.33. The van der Waals surface area contributed by atoms with Crippen molar-refractivity contribution in [2.45, 2.75) is 17.8 Å². The van der Waals surface area contributed by atoms with E-state index in [0.717, 1.165) is 77.9 Å². The zero-order chi connectivity index (χ0) is 35.5. The van der Waals surface area contributed by atoms with Gasteiger partial charge < -0.3 is 9.47 Å². The van der Waals surface area contributed by atoms with Gasteiger partial charge in [-0.1, -0.05) is 106 Å². The molecule has 2 heterocycles. The highest BCUT2D eigenvalue weighted by Crippen LogP contribution is 2.64. The van der Waals surface area contributed by atoms with Crippen molar-refractivity contribution < 1.29 is 9.47 Å². The van der Waals surface area contributed by atoms with Gasteiger partial charge in [-0.25, -0.2) is 0 Å². The molecule has 0 radical (unpaired) electrons. The van der Waals surface area contributed by atoms with Gasteiger partial charge in [-0.3, -0.25) is 0 Å². The molecule has 0 aromatic heterocycles. The number of rotatable bonds is 4. The number of ether oxygens (including phenoxy) is 2. The van der Waals surface area contributed by atoms with Gasteiger partial charge in [0.25, 0.3) is 0 Å². The molecule has 6 aromatic rings. The van der Waals surface area contributed by atoms with Crippen LogP contribution in [0.5, 0.6) is 0 Å². The number of halogens is 6. The van der Waals surface area contributed by atoms with Gasteiger partial charge >= 0.3 is 0 Å². The van der Waals surface area contributed by atoms with E-state index in [4.69, 9.17) is 79.1 Å². The Hall–Kier alpha value is -3.54. The van der Waals surface area contributed by atoms with Gasteiger partial charge in [0.1, 0.15) is 17.8 Å². The first-order valence-corrected chi connectivity index (χ1v) is 19.0. The first-order valence-electron chi connectivity index (χ1n) is 16.7. The molecule has 0 spiro atoms. The van der Waals surface area contributed by atoms with Crippen molar-refractivity contribution in [1.82, 2.24) is 0 Å². The smallest absolute Gasteiger partial charge is 0.147 e. The van der Waals surface area contributed by atoms with Gasteiger partial charge in [-0.05, 0) is 163 Å². The van der Waals surface area contributed by atoms with Crippen molar-refractivity contribution in [1.29, 1.82) is 0 Å². The van der Waals surface area contributed by atoms with Crippen LogP contribution in [0.1, 0.15) is 50.6 Å². The van der Waals surface area contributed by atoms with Crippen LogP contribution in [0.4, 0.5) is 0 Å². The van der Waals surface area contributed by atoms with Gasteiger partial charge in [-0.15, -0.1) is 0 Å². The molecule has 0 amide bonds. The summed E-state index contributed by atoms with van der Waals surface area (Å²) in [5, 5.41) is 3.91. The third kappa shape index (κ3) is 5.23. The average molecular weight is 797 g/mol. The fourth-order valence-corrected chi connectivity index (χ4v) is 9.28. The van der Waals surface area contributed by atoms with E-state index in [2.05, 4.69) is 24.3 Å². The van der Waals surface area contributed by atoms with Gasteiger partial charge in [0, 0.05) is 30.1 Å². The first-order chi connectivity index (χ1) is 25.2. The molecule has 10 rings (SSSR count). The van der Waals surface area contributed by atoms with Crippen LogP contribution in [0.25, 0.3) is 45.6 Å². The second kappa shape index (κ2) is 12.2. The van der Waals surface area contributed by atoms with Crippen molar-refractivity contribution in [3.8, 4) is 22.3 Å². The van der Waals surface area contributed by atoms with E-state index in [0.29, 0.717) is 36.7 Å². The van der Waals surface area contributed by atoms with Crippen LogP contribution in [-0.4, -0.2) is 12.7 Å². The Bertz CT molecular complexity index is 2570. The Morgan fingerprint density at radius 2 is 0.962 bits per heavy atom. The molecule has 2 nitrogen and oxygen atoms in total. The predicted octanol–water partition coefficient (Wildman–Crippen LogP) is 14.1. The molecule has 254 valence electrons. The van der Waals surface area contributed by atoms with Gasteiger partial charge in [0.2, 0.25) is 0 Å². The predicted molar refractivity (Wildman–Crippen MR) is 216 cm³/mol. The first kappa shape index (κ1) is 33.1. The normalized spacial score (nSPS) is 22.0. The third-order valence-corrected chi connectivity index (χ3v) is 11.9. The fourth-order valence-electron chi connectivity index (χ4n) is 8.24. The lowest BCUT2D eigenvalue weighted by molar-refractivity contribution is 0.00851. The van der Waals surface area contributed by atoms with Gasteiger partial charge in [-0.2, -0.15) is 0 Å². The summed E-state index contributed by atoms with van der Waals surface area (Å²) in [6, 6.07) is 35.7. The maximum Gasteiger partial charge on any atom is 0.147 e. The van der Waals surface area contributed by atoms with Crippen LogP contribution < -0.4 is 0 Å². The Kier molecular flexibility index (Phi) is 7.79. The number of epoxide rings is 1. The zero-order valence-corrected chi connectivity index (χ0v) is 31.5. The van der Waals surface area contributed by atoms with Crippen molar-refractivity contribution in [3.05, 3.63) is 184 Å². The average Bonchev–Trinajstić information content (AvgIpc) is 3.47. The number of hydrogen-bond donors (Lipinski definition) is 0. The molecule has 3 atom stereocenters. The third-order valence-electron chi connectivity index (χ3n) is 10.5. The van der Waals surface area contributed by atoms with E-state index in [9.17, 15) is 0 Å². The molecule has 2 saturated heterocycles. The number of hydrogen-bond acceptors (Lipinski definition) is 2. The maximum absolute atomic E-state index is 6.95. The molecule has 6 aromatic carbocycles. The summed E-state index contributed by atoms with van der Waals surface area (Å²) >= 11 is 39.5. The second-order valence-corrected chi connectivity index (χ2v) is 16.2. The highest BCUT2D eigenvalue weighted by atomic mass is 35.5. The summed E-state index contributed by atoms with van der Waals surface area (Å²) in [6.45, 7) is 0.358. The van der Waals surface area contributed by atoms with Crippen LogP contribution in [0.2, 0.25) is 30.1 Å². The zero-order valence-electron chi connectivity index (χ0n) is 27.0. The van der Waals surface area contributed by atoms with Crippen molar-refractivity contribution >= 4 is 92.9 Å². The molecule has 4 aliphatic rings. The molecule has 2 aliphatic heterocycles. The van der Waals surface area contributed by atoms with Crippen LogP contribution in [0, 0.1) is 0 Å². The summed E-state index contributed by atoms with van der Waals surface area (Å²) in [4.78, 5) is 0. The molecule has 2 aliphatic carbocycles. The van der Waals surface area contributed by atoms with E-state index in [1.54, 1.807) is 0 Å². The summed E-state index contributed by atoms with van der Waals surface area (Å²) in [5.41, 5.74) is 13.8. The van der Waals surface area contributed by atoms with E-state index in [1.165, 1.54) is 0 Å². The Balaban J connectivity index is 1.10. The molecular weight excluding hydrogens is 773 g/mol. The molecule has 0 N–H and O–H groups in total. The standard InChI is InChI=1S/C44H24Cl6O2/c45-24-5-1-22(2-6-24)13-32-34-15-26(47)9-11-30(34)40-36(32)17-28(49)19-38(40)42-43-44(52-43,21-51-42)39-20-29(50)18-37-33(14-23-3-7-25(46)8-4-23)35-16-27(48)10-12-31(35)41(37)39/h1-20,42-43H,21H2/b32-13-,33-14-/t42-,43+,44-/m1/s1. The molecule has 8 heteroatoms. The van der Waals surface area contributed by atoms with E-state index in [1.807, 2.05) is 97.1 Å². The lowest BCUT2D eigenvalue weighted by Gasteiger charge is -2.18. The Labute approximate surface area is 330 Å². The largest absolute Gasteiger partial charge is 0.367 e. The molecular formula is C44H24Cl6O2. The molecule has 52 heavy (non-hydrogen) atoms. The Morgan fingerprint density at radius 3 is 1.52 bits per heavy atom. The maximum atomic E-state index is 6.95. The van der Waals surface area contributed by atoms with Crippen LogP contribution in [0.15, 0.2) is 109 Å². The van der Waals surface area contributed by atoms with E-state index < -0.39 is 5.60 Å². The molecule has 2 fully saturated rings. The van der Waals surface area contributed by atoms with E-state index in [-0.39, 0.29) is 12.2 Å².